The van der Waals surface area contributed by atoms with E-state index >= 15 is 0 Å². The fraction of sp³-hybridized carbons (Fsp3) is 1.00. The van der Waals surface area contributed by atoms with Gasteiger partial charge in [-0.3, -0.25) is 0 Å². The summed E-state index contributed by atoms with van der Waals surface area (Å²) >= 11 is 0. The van der Waals surface area contributed by atoms with Crippen molar-refractivity contribution in [3.05, 3.63) is 0 Å². The van der Waals surface area contributed by atoms with E-state index in [1.165, 1.54) is 18.9 Å². The quantitative estimate of drug-likeness (QED) is 0.485. The van der Waals surface area contributed by atoms with Crippen LogP contribution in [0.3, 0.4) is 0 Å². The smallest absolute Gasteiger partial charge is 0.174 e. The van der Waals surface area contributed by atoms with Crippen molar-refractivity contribution in [1.82, 2.24) is 0 Å². The summed E-state index contributed by atoms with van der Waals surface area (Å²) < 4.78 is 10.5. The third-order valence-electron chi connectivity index (χ3n) is 1.65. The maximum Gasteiger partial charge on any atom is 0.174 e. The first-order valence-electron chi connectivity index (χ1n) is 4.41. The van der Waals surface area contributed by atoms with Gasteiger partial charge < -0.3 is 9.16 Å². The second-order valence-corrected chi connectivity index (χ2v) is 5.35. The molecule has 3 heteroatoms. The van der Waals surface area contributed by atoms with E-state index in [4.69, 9.17) is 9.16 Å². The molecule has 0 aromatic carbocycles. The summed E-state index contributed by atoms with van der Waals surface area (Å²) in [5.74, 6) is 0. The van der Waals surface area contributed by atoms with Crippen molar-refractivity contribution in [2.45, 2.75) is 54.6 Å². The molecule has 0 spiro atoms. The Morgan fingerprint density at radius 3 is 2.07 bits per heavy atom. The fourth-order valence-corrected chi connectivity index (χ4v) is 2.56. The number of hydrogen-bond donors (Lipinski definition) is 0. The average Bonchev–Trinajstić information content (AvgIpc) is 2.01. The first-order valence-corrected chi connectivity index (χ1v) is 6.86. The normalized spacial score (nSPS) is 10.5. The van der Waals surface area contributed by atoms with E-state index in [-0.39, 0.29) is 22.3 Å². The SMILES string of the molecule is C.C.C.CCCC[SiH](C)OCCOC. The summed E-state index contributed by atoms with van der Waals surface area (Å²) in [6.07, 6.45) is 2.60. The highest BCUT2D eigenvalue weighted by molar-refractivity contribution is 6.50. The zero-order chi connectivity index (χ0) is 8.53. The number of rotatable bonds is 7. The van der Waals surface area contributed by atoms with Crippen LogP contribution >= 0.6 is 0 Å². The molecule has 14 heavy (non-hydrogen) atoms. The van der Waals surface area contributed by atoms with Gasteiger partial charge >= 0.3 is 0 Å². The molecular weight excluding hydrogens is 192 g/mol. The van der Waals surface area contributed by atoms with Crippen LogP contribution in [0.5, 0.6) is 0 Å². The lowest BCUT2D eigenvalue weighted by atomic mass is 10.4. The second-order valence-electron chi connectivity index (χ2n) is 2.82. The minimum absolute atomic E-state index is 0. The zero-order valence-electron chi connectivity index (χ0n) is 7.93. The molecule has 92 valence electrons. The Bertz CT molecular complexity index is 79.7. The third-order valence-corrected chi connectivity index (χ3v) is 3.68. The fourth-order valence-electron chi connectivity index (χ4n) is 0.908. The van der Waals surface area contributed by atoms with Crippen LogP contribution in [0.25, 0.3) is 0 Å². The average molecular weight is 224 g/mol. The Morgan fingerprint density at radius 1 is 1.07 bits per heavy atom. The number of methoxy groups -OCH3 is 1. The van der Waals surface area contributed by atoms with E-state index in [9.17, 15) is 0 Å². The number of ether oxygens (including phenoxy) is 1. The van der Waals surface area contributed by atoms with Gasteiger partial charge in [-0.15, -0.1) is 0 Å². The Balaban J connectivity index is -0.000000167. The van der Waals surface area contributed by atoms with E-state index in [0.29, 0.717) is 0 Å². The Kier molecular flexibility index (Phi) is 31.9. The minimum Gasteiger partial charge on any atom is -0.418 e. The van der Waals surface area contributed by atoms with Gasteiger partial charge in [-0.05, 0) is 12.6 Å². The summed E-state index contributed by atoms with van der Waals surface area (Å²) in [5.41, 5.74) is 0. The first-order chi connectivity index (χ1) is 5.31. The van der Waals surface area contributed by atoms with Crippen LogP contribution < -0.4 is 0 Å². The maximum absolute atomic E-state index is 5.60. The molecule has 0 saturated heterocycles. The van der Waals surface area contributed by atoms with Crippen LogP contribution in [0, 0.1) is 0 Å². The molecule has 0 rings (SSSR count). The van der Waals surface area contributed by atoms with E-state index in [0.717, 1.165) is 13.2 Å². The monoisotopic (exact) mass is 224 g/mol. The van der Waals surface area contributed by atoms with Gasteiger partial charge in [-0.25, -0.2) is 0 Å². The lowest BCUT2D eigenvalue weighted by Crippen LogP contribution is -2.16. The predicted octanol–water partition coefficient (Wildman–Crippen LogP) is 3.71. The summed E-state index contributed by atoms with van der Waals surface area (Å²) in [6, 6.07) is 1.31. The summed E-state index contributed by atoms with van der Waals surface area (Å²) in [5, 5.41) is 0. The molecule has 0 bridgehead atoms. The van der Waals surface area contributed by atoms with Crippen LogP contribution in [0.15, 0.2) is 0 Å². The second kappa shape index (κ2) is 18.8. The molecule has 1 atom stereocenters. The van der Waals surface area contributed by atoms with Crippen molar-refractivity contribution >= 4 is 9.04 Å². The van der Waals surface area contributed by atoms with Crippen molar-refractivity contribution in [2.24, 2.45) is 0 Å². The van der Waals surface area contributed by atoms with Crippen molar-refractivity contribution < 1.29 is 9.16 Å². The third kappa shape index (κ3) is 18.0. The van der Waals surface area contributed by atoms with Gasteiger partial charge in [-0.2, -0.15) is 0 Å². The molecule has 0 heterocycles. The molecule has 0 saturated carbocycles. The topological polar surface area (TPSA) is 18.5 Å². The van der Waals surface area contributed by atoms with Crippen LogP contribution in [0.4, 0.5) is 0 Å². The van der Waals surface area contributed by atoms with Crippen molar-refractivity contribution in [1.29, 1.82) is 0 Å². The summed E-state index contributed by atoms with van der Waals surface area (Å²) in [4.78, 5) is 0. The lowest BCUT2D eigenvalue weighted by molar-refractivity contribution is 0.146. The van der Waals surface area contributed by atoms with Gasteiger partial charge in [0, 0.05) is 7.11 Å². The molecule has 0 aliphatic carbocycles. The van der Waals surface area contributed by atoms with Gasteiger partial charge in [-0.1, -0.05) is 42.0 Å². The molecule has 0 radical (unpaired) electrons. The van der Waals surface area contributed by atoms with E-state index in [1.54, 1.807) is 7.11 Å². The van der Waals surface area contributed by atoms with Crippen LogP contribution in [-0.4, -0.2) is 29.4 Å². The maximum atomic E-state index is 5.60. The van der Waals surface area contributed by atoms with E-state index in [1.807, 2.05) is 0 Å². The summed E-state index contributed by atoms with van der Waals surface area (Å²) in [7, 11) is 0.879. The highest BCUT2D eigenvalue weighted by Gasteiger charge is 2.02. The van der Waals surface area contributed by atoms with Gasteiger partial charge in [0.1, 0.15) is 0 Å². The zero-order valence-corrected chi connectivity index (χ0v) is 9.08. The molecule has 0 amide bonds. The van der Waals surface area contributed by atoms with Gasteiger partial charge in [0.2, 0.25) is 0 Å². The molecule has 0 aliphatic heterocycles. The molecule has 0 fully saturated rings. The molecular formula is C11H32O2Si. The molecule has 0 N–H and O–H groups in total. The van der Waals surface area contributed by atoms with Crippen LogP contribution in [-0.2, 0) is 9.16 Å². The Labute approximate surface area is 93.7 Å². The van der Waals surface area contributed by atoms with Gasteiger partial charge in [0.15, 0.2) is 9.04 Å². The highest BCUT2D eigenvalue weighted by atomic mass is 28.3. The Morgan fingerprint density at radius 2 is 1.64 bits per heavy atom. The molecule has 2 nitrogen and oxygen atoms in total. The lowest BCUT2D eigenvalue weighted by Gasteiger charge is -2.09. The van der Waals surface area contributed by atoms with E-state index < -0.39 is 9.04 Å². The standard InChI is InChI=1S/C8H20O2Si.3CH4/c1-4-5-8-11(3)10-7-6-9-2;;;/h11H,4-8H2,1-3H3;3*1H4. The van der Waals surface area contributed by atoms with Gasteiger partial charge in [0.25, 0.3) is 0 Å². The summed E-state index contributed by atoms with van der Waals surface area (Å²) in [6.45, 7) is 6.00. The van der Waals surface area contributed by atoms with Crippen molar-refractivity contribution in [2.75, 3.05) is 20.3 Å². The van der Waals surface area contributed by atoms with Crippen molar-refractivity contribution in [3.8, 4) is 0 Å². The number of unbranched alkanes of at least 4 members (excludes halogenated alkanes) is 1. The van der Waals surface area contributed by atoms with Gasteiger partial charge in [0.05, 0.1) is 13.2 Å². The molecule has 0 aromatic heterocycles. The van der Waals surface area contributed by atoms with Crippen molar-refractivity contribution in [3.63, 3.8) is 0 Å². The number of hydrogen-bond acceptors (Lipinski definition) is 2. The predicted molar refractivity (Wildman–Crippen MR) is 70.7 cm³/mol. The Hall–Kier alpha value is 0.137. The highest BCUT2D eigenvalue weighted by Crippen LogP contribution is 2.01. The van der Waals surface area contributed by atoms with Crippen LogP contribution in [0.2, 0.25) is 12.6 Å². The van der Waals surface area contributed by atoms with Crippen LogP contribution in [0.1, 0.15) is 42.0 Å². The van der Waals surface area contributed by atoms with E-state index in [2.05, 4.69) is 13.5 Å². The molecule has 0 aliphatic rings. The first kappa shape index (κ1) is 23.7. The largest absolute Gasteiger partial charge is 0.418 e. The minimum atomic E-state index is -0.831. The molecule has 0 aromatic rings. The molecule has 1 unspecified atom stereocenters.